The molecular weight excluding hydrogens is 452 g/mol. The van der Waals surface area contributed by atoms with Gasteiger partial charge in [0, 0.05) is 54.4 Å². The van der Waals surface area contributed by atoms with Crippen molar-refractivity contribution < 1.29 is 14.3 Å². The molecule has 5 rings (SSSR count). The monoisotopic (exact) mass is 482 g/mol. The topological polar surface area (TPSA) is 66.2 Å². The number of benzene rings is 2. The summed E-state index contributed by atoms with van der Waals surface area (Å²) in [5.41, 5.74) is 4.35. The highest BCUT2D eigenvalue weighted by Gasteiger charge is 2.21. The van der Waals surface area contributed by atoms with Gasteiger partial charge in [0.2, 0.25) is 0 Å². The van der Waals surface area contributed by atoms with E-state index in [9.17, 15) is 9.90 Å². The number of nitrogens with zero attached hydrogens (tertiary/aromatic N) is 2. The van der Waals surface area contributed by atoms with Crippen LogP contribution in [-0.4, -0.2) is 49.3 Å². The molecule has 2 heterocycles. The molecule has 6 nitrogen and oxygen atoms in total. The Bertz CT molecular complexity index is 1220. The second kappa shape index (κ2) is 10.4. The Morgan fingerprint density at radius 3 is 2.65 bits per heavy atom. The molecule has 0 saturated carbocycles. The van der Waals surface area contributed by atoms with E-state index in [2.05, 4.69) is 15.9 Å². The summed E-state index contributed by atoms with van der Waals surface area (Å²) < 4.78 is 11.5. The SMILES string of the molecule is O=c1oc2cc(OCCCCN3CCN(c4ccccc4CO)CC3)c(Cl)cc2c2c1CCC2. The summed E-state index contributed by atoms with van der Waals surface area (Å²) in [7, 11) is 0. The molecule has 2 aromatic carbocycles. The number of aliphatic hydroxyl groups excluding tert-OH is 1. The van der Waals surface area contributed by atoms with E-state index in [1.54, 1.807) is 6.07 Å². The maximum Gasteiger partial charge on any atom is 0.339 e. The van der Waals surface area contributed by atoms with Gasteiger partial charge in [-0.2, -0.15) is 0 Å². The zero-order valence-electron chi connectivity index (χ0n) is 19.4. The molecule has 0 atom stereocenters. The predicted octanol–water partition coefficient (Wildman–Crippen LogP) is 4.41. The van der Waals surface area contributed by atoms with Crippen molar-refractivity contribution in [3.05, 3.63) is 68.5 Å². The van der Waals surface area contributed by atoms with Crippen molar-refractivity contribution in [3.8, 4) is 5.75 Å². The quantitative estimate of drug-likeness (QED) is 0.379. The van der Waals surface area contributed by atoms with E-state index in [4.69, 9.17) is 20.8 Å². The smallest absolute Gasteiger partial charge is 0.339 e. The summed E-state index contributed by atoms with van der Waals surface area (Å²) in [6, 6.07) is 11.7. The summed E-state index contributed by atoms with van der Waals surface area (Å²) in [6.07, 6.45) is 4.64. The first kappa shape index (κ1) is 23.2. The van der Waals surface area contributed by atoms with Gasteiger partial charge in [-0.05, 0) is 56.3 Å². The fourth-order valence-electron chi connectivity index (χ4n) is 5.18. The number of aryl methyl sites for hydroxylation is 1. The Hall–Kier alpha value is -2.54. The Labute approximate surface area is 204 Å². The van der Waals surface area contributed by atoms with Crippen LogP contribution in [0.25, 0.3) is 11.0 Å². The van der Waals surface area contributed by atoms with E-state index in [0.29, 0.717) is 23.0 Å². The van der Waals surface area contributed by atoms with Gasteiger partial charge in [-0.25, -0.2) is 4.79 Å². The van der Waals surface area contributed by atoms with Crippen molar-refractivity contribution in [1.29, 1.82) is 0 Å². The number of para-hydroxylation sites is 1. The molecule has 34 heavy (non-hydrogen) atoms. The lowest BCUT2D eigenvalue weighted by Gasteiger charge is -2.37. The molecule has 0 amide bonds. The normalized spacial score (nSPS) is 16.2. The number of fused-ring (bicyclic) bond motifs is 3. The minimum absolute atomic E-state index is 0.0754. The number of aliphatic hydroxyl groups is 1. The molecule has 1 saturated heterocycles. The van der Waals surface area contributed by atoms with E-state index in [1.807, 2.05) is 24.3 Å². The van der Waals surface area contributed by atoms with Crippen LogP contribution in [0.15, 0.2) is 45.6 Å². The number of unbranched alkanes of at least 4 members (excludes halogenated alkanes) is 1. The summed E-state index contributed by atoms with van der Waals surface area (Å²) >= 11 is 6.49. The molecule has 1 fully saturated rings. The second-order valence-corrected chi connectivity index (χ2v) is 9.56. The minimum atomic E-state index is -0.229. The lowest BCUT2D eigenvalue weighted by atomic mass is 10.1. The maximum atomic E-state index is 12.2. The summed E-state index contributed by atoms with van der Waals surface area (Å²) in [5.74, 6) is 0.575. The summed E-state index contributed by atoms with van der Waals surface area (Å²) in [5, 5.41) is 11.1. The number of rotatable bonds is 8. The van der Waals surface area contributed by atoms with Gasteiger partial charge in [0.25, 0.3) is 0 Å². The van der Waals surface area contributed by atoms with E-state index in [0.717, 1.165) is 92.6 Å². The second-order valence-electron chi connectivity index (χ2n) is 9.15. The highest BCUT2D eigenvalue weighted by Crippen LogP contribution is 2.34. The van der Waals surface area contributed by atoms with Crippen molar-refractivity contribution in [3.63, 3.8) is 0 Å². The first-order chi connectivity index (χ1) is 16.6. The van der Waals surface area contributed by atoms with Crippen LogP contribution in [0.4, 0.5) is 5.69 Å². The molecule has 7 heteroatoms. The third-order valence-corrected chi connectivity index (χ3v) is 7.32. The molecule has 2 aliphatic rings. The van der Waals surface area contributed by atoms with Crippen LogP contribution in [0, 0.1) is 0 Å². The fourth-order valence-corrected chi connectivity index (χ4v) is 5.40. The van der Waals surface area contributed by atoms with Crippen LogP contribution in [0.1, 0.15) is 36.0 Å². The molecule has 0 radical (unpaired) electrons. The molecule has 0 spiro atoms. The molecule has 1 aliphatic carbocycles. The molecular formula is C27H31ClN2O4. The third kappa shape index (κ3) is 4.81. The van der Waals surface area contributed by atoms with Gasteiger partial charge >= 0.3 is 5.63 Å². The average Bonchev–Trinajstić information content (AvgIpc) is 3.36. The Morgan fingerprint density at radius 2 is 1.82 bits per heavy atom. The zero-order valence-corrected chi connectivity index (χ0v) is 20.1. The molecule has 1 N–H and O–H groups in total. The van der Waals surface area contributed by atoms with Gasteiger partial charge in [0.05, 0.1) is 18.2 Å². The summed E-state index contributed by atoms with van der Waals surface area (Å²) in [6.45, 7) is 5.65. The largest absolute Gasteiger partial charge is 0.492 e. The fraction of sp³-hybridized carbons (Fsp3) is 0.444. The van der Waals surface area contributed by atoms with Crippen molar-refractivity contribution in [2.24, 2.45) is 0 Å². The van der Waals surface area contributed by atoms with Crippen molar-refractivity contribution in [2.45, 2.75) is 38.7 Å². The molecule has 3 aromatic rings. The van der Waals surface area contributed by atoms with Crippen molar-refractivity contribution >= 4 is 28.3 Å². The van der Waals surface area contributed by atoms with Gasteiger partial charge in [-0.15, -0.1) is 0 Å². The molecule has 180 valence electrons. The first-order valence-corrected chi connectivity index (χ1v) is 12.6. The molecule has 1 aliphatic heterocycles. The molecule has 1 aromatic heterocycles. The van der Waals surface area contributed by atoms with Crippen LogP contribution >= 0.6 is 11.6 Å². The van der Waals surface area contributed by atoms with Crippen molar-refractivity contribution in [2.75, 3.05) is 44.2 Å². The average molecular weight is 483 g/mol. The Morgan fingerprint density at radius 1 is 1.03 bits per heavy atom. The van der Waals surface area contributed by atoms with Crippen molar-refractivity contribution in [1.82, 2.24) is 4.90 Å². The van der Waals surface area contributed by atoms with Crippen LogP contribution < -0.4 is 15.3 Å². The van der Waals surface area contributed by atoms with Crippen LogP contribution in [0.3, 0.4) is 0 Å². The van der Waals surface area contributed by atoms with E-state index in [-0.39, 0.29) is 12.2 Å². The number of hydrogen-bond acceptors (Lipinski definition) is 6. The molecule has 0 bridgehead atoms. The number of ether oxygens (including phenoxy) is 1. The van der Waals surface area contributed by atoms with Gasteiger partial charge in [-0.1, -0.05) is 29.8 Å². The lowest BCUT2D eigenvalue weighted by molar-refractivity contribution is 0.238. The summed E-state index contributed by atoms with van der Waals surface area (Å²) in [4.78, 5) is 17.1. The van der Waals surface area contributed by atoms with Gasteiger partial charge < -0.3 is 19.2 Å². The standard InChI is InChI=1S/C27H31ClN2O4/c28-23-16-22-20-7-5-8-21(20)27(32)34-25(22)17-26(23)33-15-4-3-10-29-11-13-30(14-12-29)24-9-2-1-6-19(24)18-31/h1-2,6,9,16-17,31H,3-5,7-8,10-15,18H2. The number of piperazine rings is 1. The number of halogens is 1. The highest BCUT2D eigenvalue weighted by atomic mass is 35.5. The third-order valence-electron chi connectivity index (χ3n) is 7.03. The lowest BCUT2D eigenvalue weighted by Crippen LogP contribution is -2.47. The van der Waals surface area contributed by atoms with Gasteiger partial charge in [0.15, 0.2) is 0 Å². The minimum Gasteiger partial charge on any atom is -0.492 e. The predicted molar refractivity (Wildman–Crippen MR) is 135 cm³/mol. The van der Waals surface area contributed by atoms with Gasteiger partial charge in [-0.3, -0.25) is 4.90 Å². The Kier molecular flexibility index (Phi) is 7.09. The Balaban J connectivity index is 1.09. The molecule has 0 unspecified atom stereocenters. The highest BCUT2D eigenvalue weighted by molar-refractivity contribution is 6.32. The van der Waals surface area contributed by atoms with Crippen LogP contribution in [-0.2, 0) is 19.4 Å². The zero-order chi connectivity index (χ0) is 23.5. The van der Waals surface area contributed by atoms with Crippen LogP contribution in [0.2, 0.25) is 5.02 Å². The first-order valence-electron chi connectivity index (χ1n) is 12.2. The van der Waals surface area contributed by atoms with E-state index in [1.165, 1.54) is 0 Å². The maximum absolute atomic E-state index is 12.2. The number of hydrogen-bond donors (Lipinski definition) is 1. The van der Waals surface area contributed by atoms with Gasteiger partial charge in [0.1, 0.15) is 11.3 Å². The van der Waals surface area contributed by atoms with E-state index >= 15 is 0 Å². The number of anilines is 1. The van der Waals surface area contributed by atoms with Crippen LogP contribution in [0.5, 0.6) is 5.75 Å². The van der Waals surface area contributed by atoms with E-state index < -0.39 is 0 Å².